The Kier molecular flexibility index (Phi) is 6.26. The third kappa shape index (κ3) is 4.45. The molecule has 0 atom stereocenters. The molecule has 4 rings (SSSR count). The predicted molar refractivity (Wildman–Crippen MR) is 117 cm³/mol. The number of benzene rings is 1. The Bertz CT molecular complexity index is 1030. The number of nitrogens with one attached hydrogen (secondary N) is 2. The maximum atomic E-state index is 14.5. The molecule has 160 valence electrons. The Morgan fingerprint density at radius 2 is 1.90 bits per heavy atom. The number of carbonyl (C=O) groups is 1. The van der Waals surface area contributed by atoms with Gasteiger partial charge in [-0.3, -0.25) is 4.79 Å². The van der Waals surface area contributed by atoms with Crippen molar-refractivity contribution in [3.8, 4) is 0 Å². The molecule has 1 aliphatic rings. The highest BCUT2D eigenvalue weighted by Crippen LogP contribution is 2.30. The average Bonchev–Trinajstić information content (AvgIpc) is 3.30. The lowest BCUT2D eigenvalue weighted by Gasteiger charge is -2.30. The van der Waals surface area contributed by atoms with Crippen LogP contribution >= 0.6 is 22.7 Å². The van der Waals surface area contributed by atoms with E-state index in [1.165, 1.54) is 34.8 Å². The number of anilines is 1. The fourth-order valence-electron chi connectivity index (χ4n) is 3.30. The highest BCUT2D eigenvalue weighted by Gasteiger charge is 2.19. The summed E-state index contributed by atoms with van der Waals surface area (Å²) in [4.78, 5) is 24.6. The monoisotopic (exact) mass is 451 g/mol. The largest absolute Gasteiger partial charge is 0.367 e. The molecular formula is C20H23F2N5OS2. The number of carbonyl (C=O) groups excluding carboxylic acids is 1. The third-order valence-corrected chi connectivity index (χ3v) is 7.26. The highest BCUT2D eigenvalue weighted by molar-refractivity contribution is 7.27. The molecular weight excluding hydrogens is 428 g/mol. The summed E-state index contributed by atoms with van der Waals surface area (Å²) in [5.74, 6) is -0.900. The van der Waals surface area contributed by atoms with E-state index < -0.39 is 11.6 Å². The number of hydrogen-bond donors (Lipinski definition) is 2. The van der Waals surface area contributed by atoms with Gasteiger partial charge in [-0.1, -0.05) is 36.5 Å². The molecule has 0 bridgehead atoms. The summed E-state index contributed by atoms with van der Waals surface area (Å²) < 4.78 is 29.0. The standard InChI is InChI=1S/C20H23F2N5OS2/c1-11(2)17-25-19-20(29-17)26-18(30-19)16(28)24-4-3-12-9-14(22)15(10-13(12)21)27-7-5-23-6-8-27/h9-11,23H,3-8H2,1-2H3,(H,24,28). The van der Waals surface area contributed by atoms with Gasteiger partial charge in [0.05, 0.1) is 10.7 Å². The summed E-state index contributed by atoms with van der Waals surface area (Å²) in [6, 6.07) is 2.49. The van der Waals surface area contributed by atoms with Crippen molar-refractivity contribution in [1.82, 2.24) is 20.6 Å². The van der Waals surface area contributed by atoms with Crippen LogP contribution in [0.25, 0.3) is 9.66 Å². The van der Waals surface area contributed by atoms with Crippen LogP contribution in [0.3, 0.4) is 0 Å². The smallest absolute Gasteiger partial charge is 0.280 e. The number of fused-ring (bicyclic) bond motifs is 1. The molecule has 10 heteroatoms. The number of halogens is 2. The molecule has 1 fully saturated rings. The zero-order valence-electron chi connectivity index (χ0n) is 16.8. The Morgan fingerprint density at radius 3 is 2.60 bits per heavy atom. The molecule has 1 aromatic carbocycles. The maximum absolute atomic E-state index is 14.5. The van der Waals surface area contributed by atoms with E-state index in [2.05, 4.69) is 34.4 Å². The molecule has 6 nitrogen and oxygen atoms in total. The minimum absolute atomic E-state index is 0.195. The zero-order valence-corrected chi connectivity index (χ0v) is 18.4. The molecule has 30 heavy (non-hydrogen) atoms. The average molecular weight is 452 g/mol. The van der Waals surface area contributed by atoms with Gasteiger partial charge in [0.2, 0.25) is 0 Å². The normalized spacial score (nSPS) is 14.6. The van der Waals surface area contributed by atoms with Gasteiger partial charge in [-0.2, -0.15) is 0 Å². The van der Waals surface area contributed by atoms with Gasteiger partial charge in [0.15, 0.2) is 14.7 Å². The van der Waals surface area contributed by atoms with Crippen LogP contribution in [0.2, 0.25) is 0 Å². The summed E-state index contributed by atoms with van der Waals surface area (Å²) in [7, 11) is 0. The molecule has 0 aliphatic carbocycles. The van der Waals surface area contributed by atoms with E-state index >= 15 is 0 Å². The van der Waals surface area contributed by atoms with Crippen LogP contribution in [-0.4, -0.2) is 48.6 Å². The minimum atomic E-state index is -0.459. The first kappa shape index (κ1) is 21.1. The molecule has 0 saturated carbocycles. The van der Waals surface area contributed by atoms with Crippen LogP contribution < -0.4 is 15.5 Å². The maximum Gasteiger partial charge on any atom is 0.280 e. The van der Waals surface area contributed by atoms with E-state index in [1.807, 2.05) is 4.90 Å². The first-order chi connectivity index (χ1) is 14.4. The van der Waals surface area contributed by atoms with E-state index in [4.69, 9.17) is 0 Å². The summed E-state index contributed by atoms with van der Waals surface area (Å²) in [5.41, 5.74) is 0.535. The number of piperazine rings is 1. The second kappa shape index (κ2) is 8.91. The first-order valence-corrected chi connectivity index (χ1v) is 11.5. The van der Waals surface area contributed by atoms with Crippen molar-refractivity contribution in [2.24, 2.45) is 0 Å². The fraction of sp³-hybridized carbons (Fsp3) is 0.450. The van der Waals surface area contributed by atoms with Crippen LogP contribution in [0, 0.1) is 11.6 Å². The van der Waals surface area contributed by atoms with Gasteiger partial charge >= 0.3 is 0 Å². The SMILES string of the molecule is CC(C)c1nc2sc(C(=O)NCCc3cc(F)c(N4CCNCC4)cc3F)nc2s1. The van der Waals surface area contributed by atoms with Crippen molar-refractivity contribution < 1.29 is 13.6 Å². The highest BCUT2D eigenvalue weighted by atomic mass is 32.1. The number of amides is 1. The van der Waals surface area contributed by atoms with Gasteiger partial charge in [0, 0.05) is 44.7 Å². The summed E-state index contributed by atoms with van der Waals surface area (Å²) in [5, 5.41) is 7.26. The molecule has 2 N–H and O–H groups in total. The van der Waals surface area contributed by atoms with E-state index in [0.717, 1.165) is 27.8 Å². The lowest BCUT2D eigenvalue weighted by Crippen LogP contribution is -2.44. The fourth-order valence-corrected chi connectivity index (χ4v) is 5.27. The number of hydrogen-bond acceptors (Lipinski definition) is 7. The van der Waals surface area contributed by atoms with Crippen molar-refractivity contribution in [2.75, 3.05) is 37.6 Å². The van der Waals surface area contributed by atoms with Crippen LogP contribution in [0.1, 0.15) is 40.1 Å². The number of thiazole rings is 2. The van der Waals surface area contributed by atoms with Gasteiger partial charge < -0.3 is 15.5 Å². The Labute approximate surface area is 181 Å². The molecule has 1 saturated heterocycles. The number of nitrogens with zero attached hydrogens (tertiary/aromatic N) is 3. The second-order valence-corrected chi connectivity index (χ2v) is 9.46. The Balaban J connectivity index is 1.37. The van der Waals surface area contributed by atoms with Gasteiger partial charge in [0.1, 0.15) is 11.6 Å². The van der Waals surface area contributed by atoms with E-state index in [-0.39, 0.29) is 30.1 Å². The lowest BCUT2D eigenvalue weighted by molar-refractivity contribution is 0.0954. The minimum Gasteiger partial charge on any atom is -0.367 e. The van der Waals surface area contributed by atoms with E-state index in [9.17, 15) is 13.6 Å². The molecule has 0 spiro atoms. The quantitative estimate of drug-likeness (QED) is 0.600. The zero-order chi connectivity index (χ0) is 21.3. The summed E-state index contributed by atoms with van der Waals surface area (Å²) in [6.45, 7) is 7.10. The van der Waals surface area contributed by atoms with Crippen LogP contribution in [0.15, 0.2) is 12.1 Å². The number of rotatable bonds is 6. The van der Waals surface area contributed by atoms with E-state index in [0.29, 0.717) is 24.0 Å². The van der Waals surface area contributed by atoms with Crippen molar-refractivity contribution in [3.63, 3.8) is 0 Å². The second-order valence-electron chi connectivity index (χ2n) is 7.47. The number of aromatic nitrogens is 2. The van der Waals surface area contributed by atoms with Gasteiger partial charge in [-0.15, -0.1) is 0 Å². The van der Waals surface area contributed by atoms with Crippen molar-refractivity contribution >= 4 is 43.9 Å². The summed E-state index contributed by atoms with van der Waals surface area (Å²) >= 11 is 2.73. The summed E-state index contributed by atoms with van der Waals surface area (Å²) in [6.07, 6.45) is 0.200. The van der Waals surface area contributed by atoms with Crippen molar-refractivity contribution in [2.45, 2.75) is 26.2 Å². The molecule has 3 aromatic rings. The molecule has 0 radical (unpaired) electrons. The van der Waals surface area contributed by atoms with Gasteiger partial charge in [-0.05, 0) is 18.1 Å². The molecule has 1 amide bonds. The van der Waals surface area contributed by atoms with Gasteiger partial charge in [-0.25, -0.2) is 18.7 Å². The third-order valence-electron chi connectivity index (χ3n) is 4.93. The van der Waals surface area contributed by atoms with Gasteiger partial charge in [0.25, 0.3) is 5.91 Å². The Hall–Kier alpha value is -2.17. The predicted octanol–water partition coefficient (Wildman–Crippen LogP) is 3.54. The molecule has 0 unspecified atom stereocenters. The topological polar surface area (TPSA) is 70.2 Å². The van der Waals surface area contributed by atoms with Crippen molar-refractivity contribution in [1.29, 1.82) is 0 Å². The lowest BCUT2D eigenvalue weighted by atomic mass is 10.1. The molecule has 1 aliphatic heterocycles. The van der Waals surface area contributed by atoms with Crippen LogP contribution in [0.5, 0.6) is 0 Å². The Morgan fingerprint density at radius 1 is 1.17 bits per heavy atom. The van der Waals surface area contributed by atoms with Crippen LogP contribution in [0.4, 0.5) is 14.5 Å². The van der Waals surface area contributed by atoms with E-state index in [1.54, 1.807) is 0 Å². The molecule has 2 aromatic heterocycles. The van der Waals surface area contributed by atoms with Crippen molar-refractivity contribution in [3.05, 3.63) is 39.3 Å². The first-order valence-electron chi connectivity index (χ1n) is 9.91. The van der Waals surface area contributed by atoms with Crippen LogP contribution in [-0.2, 0) is 6.42 Å². The molecule has 3 heterocycles.